The van der Waals surface area contributed by atoms with Gasteiger partial charge in [-0.1, -0.05) is 18.2 Å². The van der Waals surface area contributed by atoms with Gasteiger partial charge in [-0.2, -0.15) is 8.42 Å². The van der Waals surface area contributed by atoms with Crippen LogP contribution in [0.1, 0.15) is 36.8 Å². The summed E-state index contributed by atoms with van der Waals surface area (Å²) in [7, 11) is -3.49. The summed E-state index contributed by atoms with van der Waals surface area (Å²) in [4.78, 5) is 4.85. The summed E-state index contributed by atoms with van der Waals surface area (Å²) in [6, 6.07) is 8.49. The van der Waals surface area contributed by atoms with E-state index in [-0.39, 0.29) is 6.61 Å². The quantitative estimate of drug-likeness (QED) is 0.764. The van der Waals surface area contributed by atoms with E-state index in [1.807, 2.05) is 31.2 Å². The Balaban J connectivity index is 1.71. The number of rotatable bonds is 7. The summed E-state index contributed by atoms with van der Waals surface area (Å²) >= 11 is 0. The van der Waals surface area contributed by atoms with Crippen molar-refractivity contribution in [1.29, 1.82) is 0 Å². The van der Waals surface area contributed by atoms with Crippen molar-refractivity contribution in [3.8, 4) is 0 Å². The maximum absolute atomic E-state index is 11.4. The van der Waals surface area contributed by atoms with Crippen LogP contribution in [-0.2, 0) is 20.9 Å². The number of para-hydroxylation sites is 1. The second-order valence-corrected chi connectivity index (χ2v) is 9.10. The lowest BCUT2D eigenvalue weighted by Crippen LogP contribution is -2.25. The van der Waals surface area contributed by atoms with Crippen molar-refractivity contribution in [1.82, 2.24) is 4.98 Å². The molecule has 1 aromatic carbocycles. The Kier molecular flexibility index (Phi) is 4.20. The first-order valence-corrected chi connectivity index (χ1v) is 10.7. The molecule has 0 aliphatic heterocycles. The molecule has 0 saturated heterocycles. The van der Waals surface area contributed by atoms with Crippen LogP contribution in [-0.4, -0.2) is 25.7 Å². The smallest absolute Gasteiger partial charge is 0.264 e. The van der Waals surface area contributed by atoms with Gasteiger partial charge in [-0.3, -0.25) is 4.18 Å². The first-order valence-electron chi connectivity index (χ1n) is 8.91. The highest BCUT2D eigenvalue weighted by Gasteiger charge is 2.41. The number of fused-ring (bicyclic) bond motifs is 1. The molecule has 2 aliphatic rings. The number of anilines is 1. The summed E-state index contributed by atoms with van der Waals surface area (Å²) in [5, 5.41) is 4.65. The molecule has 2 saturated carbocycles. The zero-order valence-corrected chi connectivity index (χ0v) is 15.5. The lowest BCUT2D eigenvalue weighted by atomic mass is 10.1. The molecule has 5 nitrogen and oxygen atoms in total. The SMILES string of the molecule is Cc1cccc2cc(COS(C)(=O)=O)c(NC(C3CC3)C3CC3)nc12. The van der Waals surface area contributed by atoms with Gasteiger partial charge < -0.3 is 5.32 Å². The van der Waals surface area contributed by atoms with Crippen LogP contribution in [0.2, 0.25) is 0 Å². The van der Waals surface area contributed by atoms with E-state index in [0.717, 1.165) is 45.9 Å². The molecule has 1 N–H and O–H groups in total. The monoisotopic (exact) mass is 360 g/mol. The Morgan fingerprint density at radius 1 is 1.24 bits per heavy atom. The second-order valence-electron chi connectivity index (χ2n) is 7.45. The third-order valence-electron chi connectivity index (χ3n) is 5.12. The molecule has 6 heteroatoms. The number of hydrogen-bond acceptors (Lipinski definition) is 5. The van der Waals surface area contributed by atoms with E-state index < -0.39 is 10.1 Å². The fourth-order valence-corrected chi connectivity index (χ4v) is 3.83. The summed E-state index contributed by atoms with van der Waals surface area (Å²) < 4.78 is 27.9. The van der Waals surface area contributed by atoms with Crippen molar-refractivity contribution in [3.05, 3.63) is 35.4 Å². The summed E-state index contributed by atoms with van der Waals surface area (Å²) in [6.45, 7) is 2.06. The minimum absolute atomic E-state index is 0.0140. The molecule has 134 valence electrons. The molecule has 0 amide bonds. The highest BCUT2D eigenvalue weighted by molar-refractivity contribution is 7.85. The fourth-order valence-electron chi connectivity index (χ4n) is 3.49. The number of hydrogen-bond donors (Lipinski definition) is 1. The first kappa shape index (κ1) is 16.8. The maximum Gasteiger partial charge on any atom is 0.264 e. The molecule has 2 aromatic rings. The van der Waals surface area contributed by atoms with Crippen molar-refractivity contribution in [2.45, 2.75) is 45.3 Å². The van der Waals surface area contributed by atoms with Crippen LogP contribution in [0, 0.1) is 18.8 Å². The van der Waals surface area contributed by atoms with Gasteiger partial charge in [0.15, 0.2) is 0 Å². The van der Waals surface area contributed by atoms with Gasteiger partial charge >= 0.3 is 0 Å². The van der Waals surface area contributed by atoms with E-state index in [1.54, 1.807) is 0 Å². The molecule has 2 fully saturated rings. The van der Waals surface area contributed by atoms with E-state index in [0.29, 0.717) is 6.04 Å². The van der Waals surface area contributed by atoms with Gasteiger partial charge in [0, 0.05) is 17.0 Å². The fraction of sp³-hybridized carbons (Fsp3) is 0.526. The molecule has 0 atom stereocenters. The van der Waals surface area contributed by atoms with Crippen LogP contribution in [0.15, 0.2) is 24.3 Å². The summed E-state index contributed by atoms with van der Waals surface area (Å²) in [5.41, 5.74) is 2.87. The Hall–Kier alpha value is -1.66. The van der Waals surface area contributed by atoms with Crippen molar-refractivity contribution >= 4 is 26.8 Å². The van der Waals surface area contributed by atoms with Crippen LogP contribution < -0.4 is 5.32 Å². The normalized spacial score (nSPS) is 18.0. The molecular weight excluding hydrogens is 336 g/mol. The van der Waals surface area contributed by atoms with Crippen LogP contribution in [0.25, 0.3) is 10.9 Å². The van der Waals surface area contributed by atoms with Gasteiger partial charge in [-0.05, 0) is 56.1 Å². The lowest BCUT2D eigenvalue weighted by Gasteiger charge is -2.21. The standard InChI is InChI=1S/C19H24N2O3S/c1-12-4-3-5-15-10-16(11-24-25(2,22)23)19(20-17(12)15)21-18(13-6-7-13)14-8-9-14/h3-5,10,13-14,18H,6-9,11H2,1-2H3,(H,20,21). The molecule has 1 aromatic heterocycles. The number of benzene rings is 1. The highest BCUT2D eigenvalue weighted by atomic mass is 32.2. The number of nitrogens with zero attached hydrogens (tertiary/aromatic N) is 1. The highest BCUT2D eigenvalue weighted by Crippen LogP contribution is 2.46. The van der Waals surface area contributed by atoms with Gasteiger partial charge in [0.05, 0.1) is 18.4 Å². The van der Waals surface area contributed by atoms with Crippen LogP contribution in [0.3, 0.4) is 0 Å². The van der Waals surface area contributed by atoms with Gasteiger partial charge in [0.1, 0.15) is 5.82 Å². The van der Waals surface area contributed by atoms with E-state index in [1.165, 1.54) is 25.7 Å². The number of aryl methyl sites for hydroxylation is 1. The molecule has 0 radical (unpaired) electrons. The Labute approximate surface area is 148 Å². The number of nitrogens with one attached hydrogen (secondary N) is 1. The molecule has 1 heterocycles. The topological polar surface area (TPSA) is 68.3 Å². The minimum atomic E-state index is -3.49. The van der Waals surface area contributed by atoms with E-state index in [4.69, 9.17) is 9.17 Å². The largest absolute Gasteiger partial charge is 0.366 e. The maximum atomic E-state index is 11.4. The van der Waals surface area contributed by atoms with Crippen LogP contribution in [0.5, 0.6) is 0 Å². The van der Waals surface area contributed by atoms with Crippen LogP contribution >= 0.6 is 0 Å². The van der Waals surface area contributed by atoms with Crippen molar-refractivity contribution < 1.29 is 12.6 Å². The second kappa shape index (κ2) is 6.25. The van der Waals surface area contributed by atoms with Crippen molar-refractivity contribution in [2.75, 3.05) is 11.6 Å². The number of aromatic nitrogens is 1. The zero-order chi connectivity index (χ0) is 17.6. The molecule has 2 aliphatic carbocycles. The third-order valence-corrected chi connectivity index (χ3v) is 5.66. The zero-order valence-electron chi connectivity index (χ0n) is 14.7. The molecule has 25 heavy (non-hydrogen) atoms. The third kappa shape index (κ3) is 3.96. The van der Waals surface area contributed by atoms with Crippen molar-refractivity contribution in [2.24, 2.45) is 11.8 Å². The average Bonchev–Trinajstić information content (AvgIpc) is 3.44. The molecule has 0 bridgehead atoms. The molecule has 0 unspecified atom stereocenters. The predicted molar refractivity (Wildman–Crippen MR) is 99.0 cm³/mol. The van der Waals surface area contributed by atoms with Gasteiger partial charge in [0.2, 0.25) is 0 Å². The summed E-state index contributed by atoms with van der Waals surface area (Å²) in [6.07, 6.45) is 6.17. The Bertz CT molecular complexity index is 890. The first-order chi connectivity index (χ1) is 11.9. The van der Waals surface area contributed by atoms with E-state index in [9.17, 15) is 8.42 Å². The Morgan fingerprint density at radius 3 is 2.52 bits per heavy atom. The minimum Gasteiger partial charge on any atom is -0.366 e. The number of pyridine rings is 1. The predicted octanol–water partition coefficient (Wildman–Crippen LogP) is 3.62. The van der Waals surface area contributed by atoms with Gasteiger partial charge in [-0.15, -0.1) is 0 Å². The molecule has 4 rings (SSSR count). The van der Waals surface area contributed by atoms with E-state index in [2.05, 4.69) is 5.32 Å². The molecular formula is C19H24N2O3S. The Morgan fingerprint density at radius 2 is 1.92 bits per heavy atom. The summed E-state index contributed by atoms with van der Waals surface area (Å²) in [5.74, 6) is 2.23. The lowest BCUT2D eigenvalue weighted by molar-refractivity contribution is 0.312. The van der Waals surface area contributed by atoms with Crippen molar-refractivity contribution in [3.63, 3.8) is 0 Å². The van der Waals surface area contributed by atoms with Gasteiger partial charge in [0.25, 0.3) is 10.1 Å². The van der Waals surface area contributed by atoms with Crippen LogP contribution in [0.4, 0.5) is 5.82 Å². The average molecular weight is 360 g/mol. The van der Waals surface area contributed by atoms with E-state index >= 15 is 0 Å². The molecule has 0 spiro atoms. The van der Waals surface area contributed by atoms with Gasteiger partial charge in [-0.25, -0.2) is 4.98 Å².